The van der Waals surface area contributed by atoms with E-state index in [9.17, 15) is 4.79 Å². The van der Waals surface area contributed by atoms with E-state index >= 15 is 0 Å². The van der Waals surface area contributed by atoms with Gasteiger partial charge in [-0.1, -0.05) is 49.6 Å². The summed E-state index contributed by atoms with van der Waals surface area (Å²) in [5, 5.41) is 1.65. The number of hydrazine groups is 1. The lowest BCUT2D eigenvalue weighted by Crippen LogP contribution is -2.53. The van der Waals surface area contributed by atoms with Crippen LogP contribution in [0.3, 0.4) is 0 Å². The van der Waals surface area contributed by atoms with Gasteiger partial charge in [-0.25, -0.2) is 5.43 Å². The number of rotatable bonds is 6. The first-order valence-corrected chi connectivity index (χ1v) is 9.28. The van der Waals surface area contributed by atoms with Crippen LogP contribution in [0.15, 0.2) is 30.3 Å². The molecule has 0 unspecified atom stereocenters. The Labute approximate surface area is 161 Å². The van der Waals surface area contributed by atoms with Crippen LogP contribution < -0.4 is 5.43 Å². The summed E-state index contributed by atoms with van der Waals surface area (Å²) >= 11 is 0. The van der Waals surface area contributed by atoms with Crippen molar-refractivity contribution in [2.45, 2.75) is 44.8 Å². The predicted molar refractivity (Wildman–Crippen MR) is 100 cm³/mol. The van der Waals surface area contributed by atoms with Crippen LogP contribution in [-0.2, 0) is 25.7 Å². The van der Waals surface area contributed by atoms with Gasteiger partial charge in [0.05, 0.1) is 26.4 Å². The van der Waals surface area contributed by atoms with Gasteiger partial charge in [-0.2, -0.15) is 0 Å². The zero-order chi connectivity index (χ0) is 17.3. The van der Waals surface area contributed by atoms with Crippen LogP contribution in [0.2, 0.25) is 0 Å². The maximum absolute atomic E-state index is 12.8. The molecule has 0 bridgehead atoms. The highest BCUT2D eigenvalue weighted by Crippen LogP contribution is 2.27. The number of halogens is 1. The average molecular weight is 385 g/mol. The van der Waals surface area contributed by atoms with Crippen molar-refractivity contribution in [3.8, 4) is 0 Å². The highest BCUT2D eigenvalue weighted by Gasteiger charge is 2.32. The van der Waals surface area contributed by atoms with E-state index in [-0.39, 0.29) is 30.3 Å². The Bertz CT molecular complexity index is 518. The molecule has 1 atom stereocenters. The number of carbonyl (C=O) groups excluding carboxylic acids is 1. The fraction of sp³-hybridized carbons (Fsp3) is 0.632. The van der Waals surface area contributed by atoms with E-state index in [1.54, 1.807) is 5.17 Å². The van der Waals surface area contributed by atoms with E-state index in [4.69, 9.17) is 14.3 Å². The van der Waals surface area contributed by atoms with Crippen molar-refractivity contribution < 1.29 is 19.1 Å². The van der Waals surface area contributed by atoms with Crippen LogP contribution in [0.4, 0.5) is 0 Å². The monoisotopic (exact) mass is 384 g/mol. The average Bonchev–Trinajstić information content (AvgIpc) is 2.94. The first-order valence-electron chi connectivity index (χ1n) is 9.28. The van der Waals surface area contributed by atoms with Gasteiger partial charge >= 0.3 is 5.97 Å². The molecular weight excluding hydrogens is 356 g/mol. The van der Waals surface area contributed by atoms with Gasteiger partial charge in [-0.15, -0.1) is 17.6 Å². The number of nitrogens with one attached hydrogen (secondary N) is 1. The summed E-state index contributed by atoms with van der Waals surface area (Å²) < 4.78 is 11.0. The van der Waals surface area contributed by atoms with Crippen molar-refractivity contribution in [1.82, 2.24) is 10.6 Å². The lowest BCUT2D eigenvalue weighted by molar-refractivity contribution is -0.202. The fourth-order valence-electron chi connectivity index (χ4n) is 3.41. The van der Waals surface area contributed by atoms with E-state index in [1.165, 1.54) is 19.3 Å². The van der Waals surface area contributed by atoms with Gasteiger partial charge in [0.25, 0.3) is 0 Å². The number of hydroxylamine groups is 1. The number of nitrogens with zero attached hydrogens (tertiary/aromatic N) is 1. The van der Waals surface area contributed by atoms with Crippen LogP contribution >= 0.6 is 12.4 Å². The van der Waals surface area contributed by atoms with Gasteiger partial charge in [0.1, 0.15) is 12.6 Å². The lowest BCUT2D eigenvalue weighted by atomic mass is 9.84. The zero-order valence-electron chi connectivity index (χ0n) is 15.1. The van der Waals surface area contributed by atoms with Crippen molar-refractivity contribution in [1.29, 1.82) is 0 Å². The van der Waals surface area contributed by atoms with E-state index in [1.807, 2.05) is 30.3 Å². The van der Waals surface area contributed by atoms with Crippen LogP contribution in [0, 0.1) is 5.92 Å². The normalized spacial score (nSPS) is 20.6. The number of esters is 1. The molecule has 1 saturated carbocycles. The van der Waals surface area contributed by atoms with Crippen LogP contribution in [0.25, 0.3) is 0 Å². The molecule has 146 valence electrons. The smallest absolute Gasteiger partial charge is 0.325 e. The molecule has 1 aromatic rings. The van der Waals surface area contributed by atoms with Gasteiger partial charge < -0.3 is 9.47 Å². The first kappa shape index (κ1) is 21.1. The van der Waals surface area contributed by atoms with Crippen molar-refractivity contribution in [3.63, 3.8) is 0 Å². The second kappa shape index (κ2) is 11.5. The van der Waals surface area contributed by atoms with Gasteiger partial charge in [-0.3, -0.25) is 9.63 Å². The molecule has 1 aliphatic heterocycles. The topological polar surface area (TPSA) is 60.0 Å². The largest absolute Gasteiger partial charge is 0.460 e. The Kier molecular flexibility index (Phi) is 9.36. The minimum Gasteiger partial charge on any atom is -0.460 e. The first-order chi connectivity index (χ1) is 12.3. The SMILES string of the molecule is Cl.O=C(OCc1ccccc1)[C@H](NN1CCOCCO1)C1CCCCC1. The number of benzene rings is 1. The summed E-state index contributed by atoms with van der Waals surface area (Å²) in [5.41, 5.74) is 4.26. The number of hydrogen-bond acceptors (Lipinski definition) is 6. The Morgan fingerprint density at radius 3 is 2.69 bits per heavy atom. The summed E-state index contributed by atoms with van der Waals surface area (Å²) in [6.45, 7) is 2.54. The van der Waals surface area contributed by atoms with Gasteiger partial charge in [-0.05, 0) is 24.3 Å². The molecule has 3 rings (SSSR count). The number of ether oxygens (including phenoxy) is 2. The second-order valence-electron chi connectivity index (χ2n) is 6.65. The lowest BCUT2D eigenvalue weighted by Gasteiger charge is -2.32. The van der Waals surface area contributed by atoms with Gasteiger partial charge in [0, 0.05) is 0 Å². The van der Waals surface area contributed by atoms with E-state index in [0.29, 0.717) is 33.0 Å². The van der Waals surface area contributed by atoms with Crippen molar-refractivity contribution in [2.75, 3.05) is 26.4 Å². The van der Waals surface area contributed by atoms with E-state index in [0.717, 1.165) is 18.4 Å². The maximum Gasteiger partial charge on any atom is 0.325 e. The molecule has 2 aliphatic rings. The maximum atomic E-state index is 12.8. The number of hydrogen-bond donors (Lipinski definition) is 1. The summed E-state index contributed by atoms with van der Waals surface area (Å²) in [5.74, 6) is 0.0781. The quantitative estimate of drug-likeness (QED) is 0.761. The zero-order valence-corrected chi connectivity index (χ0v) is 15.9. The molecule has 6 nitrogen and oxygen atoms in total. The predicted octanol–water partition coefficient (Wildman–Crippen LogP) is 2.87. The van der Waals surface area contributed by atoms with Crippen LogP contribution in [0.5, 0.6) is 0 Å². The molecule has 0 amide bonds. The Balaban J connectivity index is 0.00000243. The molecule has 1 aromatic carbocycles. The molecule has 2 fully saturated rings. The minimum absolute atomic E-state index is 0. The molecule has 7 heteroatoms. The van der Waals surface area contributed by atoms with E-state index < -0.39 is 0 Å². The molecule has 1 heterocycles. The molecule has 0 spiro atoms. The standard InChI is InChI=1S/C19H28N2O4.ClH/c22-19(24-15-16-7-3-1-4-8-16)18(17-9-5-2-6-10-17)20-21-11-12-23-13-14-25-21;/h1,3-4,7-8,17-18,20H,2,5-6,9-15H2;1H/t18-;/m1./s1. The summed E-state index contributed by atoms with van der Waals surface area (Å²) in [6.07, 6.45) is 5.67. The second-order valence-corrected chi connectivity index (χ2v) is 6.65. The highest BCUT2D eigenvalue weighted by molar-refractivity contribution is 5.85. The molecular formula is C19H29ClN2O4. The van der Waals surface area contributed by atoms with Crippen LogP contribution in [-0.4, -0.2) is 43.5 Å². The molecule has 26 heavy (non-hydrogen) atoms. The molecule has 1 aliphatic carbocycles. The minimum atomic E-state index is -0.373. The third kappa shape index (κ3) is 6.52. The van der Waals surface area contributed by atoms with Crippen molar-refractivity contribution in [2.24, 2.45) is 5.92 Å². The van der Waals surface area contributed by atoms with E-state index in [2.05, 4.69) is 5.43 Å². The molecule has 0 aromatic heterocycles. The molecule has 1 saturated heterocycles. The Morgan fingerprint density at radius 1 is 1.15 bits per heavy atom. The third-order valence-corrected chi connectivity index (χ3v) is 4.80. The number of carbonyl (C=O) groups is 1. The fourth-order valence-corrected chi connectivity index (χ4v) is 3.41. The molecule has 0 radical (unpaired) electrons. The molecule has 1 N–H and O–H groups in total. The third-order valence-electron chi connectivity index (χ3n) is 4.80. The summed E-state index contributed by atoms with van der Waals surface area (Å²) in [4.78, 5) is 18.4. The highest BCUT2D eigenvalue weighted by atomic mass is 35.5. The Morgan fingerprint density at radius 2 is 1.92 bits per heavy atom. The van der Waals surface area contributed by atoms with Crippen molar-refractivity contribution in [3.05, 3.63) is 35.9 Å². The van der Waals surface area contributed by atoms with Gasteiger partial charge in [0.2, 0.25) is 0 Å². The summed E-state index contributed by atoms with van der Waals surface area (Å²) in [6, 6.07) is 9.41. The van der Waals surface area contributed by atoms with Crippen molar-refractivity contribution >= 4 is 18.4 Å². The Hall–Kier alpha value is -1.18. The van der Waals surface area contributed by atoms with Gasteiger partial charge in [0.15, 0.2) is 0 Å². The van der Waals surface area contributed by atoms with Crippen LogP contribution in [0.1, 0.15) is 37.7 Å². The summed E-state index contributed by atoms with van der Waals surface area (Å²) in [7, 11) is 0.